The summed E-state index contributed by atoms with van der Waals surface area (Å²) in [6, 6.07) is 0. The van der Waals surface area contributed by atoms with Crippen molar-refractivity contribution in [3.05, 3.63) is 11.6 Å². The Morgan fingerprint density at radius 2 is 2.29 bits per heavy atom. The summed E-state index contributed by atoms with van der Waals surface area (Å²) < 4.78 is 0. The van der Waals surface area contributed by atoms with Gasteiger partial charge < -0.3 is 5.11 Å². The van der Waals surface area contributed by atoms with Gasteiger partial charge in [0.25, 0.3) is 0 Å². The molecule has 1 heteroatoms. The van der Waals surface area contributed by atoms with Crippen LogP contribution in [0.5, 0.6) is 0 Å². The molecule has 0 heterocycles. The minimum atomic E-state index is -0.0747. The first kappa shape index (κ1) is 11.8. The quantitative estimate of drug-likeness (QED) is 0.682. The standard InChI is InChI=1S/C13H24O/c1-4-5-6-13(14)12-8-7-10(2)9-11(12)3/h9,11-14H,4-8H2,1-3H3. The summed E-state index contributed by atoms with van der Waals surface area (Å²) in [4.78, 5) is 0. The Balaban J connectivity index is 2.44. The van der Waals surface area contributed by atoms with E-state index in [2.05, 4.69) is 26.8 Å². The van der Waals surface area contributed by atoms with Gasteiger partial charge in [0.15, 0.2) is 0 Å². The molecule has 0 radical (unpaired) electrons. The number of hydrogen-bond acceptors (Lipinski definition) is 1. The van der Waals surface area contributed by atoms with E-state index in [1.807, 2.05) is 0 Å². The largest absolute Gasteiger partial charge is 0.393 e. The maximum atomic E-state index is 10.0. The zero-order valence-electron chi connectivity index (χ0n) is 9.79. The van der Waals surface area contributed by atoms with E-state index in [9.17, 15) is 5.11 Å². The van der Waals surface area contributed by atoms with Crippen LogP contribution < -0.4 is 0 Å². The molecule has 0 aromatic heterocycles. The smallest absolute Gasteiger partial charge is 0.0574 e. The van der Waals surface area contributed by atoms with E-state index in [1.165, 1.54) is 24.8 Å². The lowest BCUT2D eigenvalue weighted by Gasteiger charge is -2.31. The van der Waals surface area contributed by atoms with Gasteiger partial charge >= 0.3 is 0 Å². The molecule has 1 aliphatic carbocycles. The first-order chi connectivity index (χ1) is 6.65. The molecule has 14 heavy (non-hydrogen) atoms. The van der Waals surface area contributed by atoms with Crippen LogP contribution in [0.3, 0.4) is 0 Å². The van der Waals surface area contributed by atoms with Crippen molar-refractivity contribution in [2.45, 2.75) is 59.0 Å². The molecule has 1 N–H and O–H groups in total. The Labute approximate surface area is 88.2 Å². The van der Waals surface area contributed by atoms with Gasteiger partial charge in [-0.3, -0.25) is 0 Å². The van der Waals surface area contributed by atoms with E-state index in [-0.39, 0.29) is 6.10 Å². The summed E-state index contributed by atoms with van der Waals surface area (Å²) in [5.74, 6) is 1.07. The third-order valence-corrected chi connectivity index (χ3v) is 3.44. The van der Waals surface area contributed by atoms with Crippen molar-refractivity contribution in [2.24, 2.45) is 11.8 Å². The molecule has 0 saturated carbocycles. The Kier molecular flexibility index (Phi) is 4.67. The molecule has 3 atom stereocenters. The van der Waals surface area contributed by atoms with Crippen LogP contribution in [0.4, 0.5) is 0 Å². The lowest BCUT2D eigenvalue weighted by atomic mass is 9.78. The molecule has 1 aliphatic rings. The molecule has 0 saturated heterocycles. The van der Waals surface area contributed by atoms with Crippen molar-refractivity contribution in [1.82, 2.24) is 0 Å². The second-order valence-electron chi connectivity index (χ2n) is 4.78. The number of allylic oxidation sites excluding steroid dienone is 2. The lowest BCUT2D eigenvalue weighted by Crippen LogP contribution is -2.28. The summed E-state index contributed by atoms with van der Waals surface area (Å²) in [6.07, 6.45) is 7.95. The molecule has 0 fully saturated rings. The normalized spacial score (nSPS) is 29.9. The average Bonchev–Trinajstić information content (AvgIpc) is 2.14. The van der Waals surface area contributed by atoms with Gasteiger partial charge in [-0.25, -0.2) is 0 Å². The lowest BCUT2D eigenvalue weighted by molar-refractivity contribution is 0.0697. The van der Waals surface area contributed by atoms with E-state index in [4.69, 9.17) is 0 Å². The van der Waals surface area contributed by atoms with Gasteiger partial charge in [-0.15, -0.1) is 0 Å². The topological polar surface area (TPSA) is 20.2 Å². The van der Waals surface area contributed by atoms with Crippen LogP contribution in [0.25, 0.3) is 0 Å². The van der Waals surface area contributed by atoms with E-state index >= 15 is 0 Å². The SMILES string of the molecule is CCCCC(O)C1CCC(C)=CC1C. The average molecular weight is 196 g/mol. The number of hydrogen-bond donors (Lipinski definition) is 1. The minimum absolute atomic E-state index is 0.0747. The summed E-state index contributed by atoms with van der Waals surface area (Å²) in [5, 5.41) is 10.0. The predicted octanol–water partition coefficient (Wildman–Crippen LogP) is 3.53. The fraction of sp³-hybridized carbons (Fsp3) is 0.846. The number of aliphatic hydroxyl groups is 1. The van der Waals surface area contributed by atoms with Crippen molar-refractivity contribution < 1.29 is 5.11 Å². The molecule has 1 nitrogen and oxygen atoms in total. The van der Waals surface area contributed by atoms with Crippen LogP contribution in [-0.4, -0.2) is 11.2 Å². The first-order valence-electron chi connectivity index (χ1n) is 6.00. The zero-order chi connectivity index (χ0) is 10.6. The number of aliphatic hydroxyl groups excluding tert-OH is 1. The molecule has 0 aromatic carbocycles. The highest BCUT2D eigenvalue weighted by molar-refractivity contribution is 5.07. The van der Waals surface area contributed by atoms with E-state index in [1.54, 1.807) is 0 Å². The summed E-state index contributed by atoms with van der Waals surface area (Å²) in [6.45, 7) is 6.62. The molecular formula is C13H24O. The van der Waals surface area contributed by atoms with Crippen LogP contribution >= 0.6 is 0 Å². The maximum absolute atomic E-state index is 10.0. The van der Waals surface area contributed by atoms with E-state index < -0.39 is 0 Å². The highest BCUT2D eigenvalue weighted by Crippen LogP contribution is 2.32. The summed E-state index contributed by atoms with van der Waals surface area (Å²) >= 11 is 0. The number of rotatable bonds is 4. The second-order valence-corrected chi connectivity index (χ2v) is 4.78. The molecule has 3 unspecified atom stereocenters. The highest BCUT2D eigenvalue weighted by atomic mass is 16.3. The van der Waals surface area contributed by atoms with Crippen molar-refractivity contribution in [3.8, 4) is 0 Å². The van der Waals surface area contributed by atoms with Gasteiger partial charge in [0.2, 0.25) is 0 Å². The molecule has 0 aliphatic heterocycles. The molecule has 0 bridgehead atoms. The summed E-state index contributed by atoms with van der Waals surface area (Å²) in [5.41, 5.74) is 1.50. The monoisotopic (exact) mass is 196 g/mol. The fourth-order valence-corrected chi connectivity index (χ4v) is 2.48. The van der Waals surface area contributed by atoms with Gasteiger partial charge in [-0.2, -0.15) is 0 Å². The van der Waals surface area contributed by atoms with Gasteiger partial charge in [-0.1, -0.05) is 38.3 Å². The Bertz CT molecular complexity index is 195. The maximum Gasteiger partial charge on any atom is 0.0574 e. The highest BCUT2D eigenvalue weighted by Gasteiger charge is 2.26. The van der Waals surface area contributed by atoms with Gasteiger partial charge in [0.1, 0.15) is 0 Å². The Hall–Kier alpha value is -0.300. The zero-order valence-corrected chi connectivity index (χ0v) is 9.79. The van der Waals surface area contributed by atoms with Crippen molar-refractivity contribution >= 4 is 0 Å². The third-order valence-electron chi connectivity index (χ3n) is 3.44. The third kappa shape index (κ3) is 3.13. The van der Waals surface area contributed by atoms with Crippen LogP contribution in [0.2, 0.25) is 0 Å². The minimum Gasteiger partial charge on any atom is -0.393 e. The van der Waals surface area contributed by atoms with Crippen LogP contribution in [0, 0.1) is 11.8 Å². The fourth-order valence-electron chi connectivity index (χ4n) is 2.48. The Morgan fingerprint density at radius 1 is 1.57 bits per heavy atom. The van der Waals surface area contributed by atoms with Gasteiger partial charge in [0, 0.05) is 0 Å². The van der Waals surface area contributed by atoms with Crippen molar-refractivity contribution in [1.29, 1.82) is 0 Å². The molecule has 0 spiro atoms. The van der Waals surface area contributed by atoms with Crippen LogP contribution in [-0.2, 0) is 0 Å². The number of unbranched alkanes of at least 4 members (excludes halogenated alkanes) is 1. The molecule has 0 aromatic rings. The van der Waals surface area contributed by atoms with Crippen LogP contribution in [0.15, 0.2) is 11.6 Å². The van der Waals surface area contributed by atoms with Crippen molar-refractivity contribution in [2.75, 3.05) is 0 Å². The van der Waals surface area contributed by atoms with Crippen LogP contribution in [0.1, 0.15) is 52.9 Å². The predicted molar refractivity (Wildman–Crippen MR) is 61.2 cm³/mol. The van der Waals surface area contributed by atoms with Gasteiger partial charge in [0.05, 0.1) is 6.10 Å². The van der Waals surface area contributed by atoms with E-state index in [0.717, 1.165) is 12.8 Å². The molecule has 0 amide bonds. The molecule has 1 rings (SSSR count). The van der Waals surface area contributed by atoms with E-state index in [0.29, 0.717) is 11.8 Å². The Morgan fingerprint density at radius 3 is 2.86 bits per heavy atom. The van der Waals surface area contributed by atoms with Crippen molar-refractivity contribution in [3.63, 3.8) is 0 Å². The second kappa shape index (κ2) is 5.55. The summed E-state index contributed by atoms with van der Waals surface area (Å²) in [7, 11) is 0. The first-order valence-corrected chi connectivity index (χ1v) is 6.00. The van der Waals surface area contributed by atoms with Gasteiger partial charge in [-0.05, 0) is 38.0 Å². The molecular weight excluding hydrogens is 172 g/mol. The molecule has 82 valence electrons.